The van der Waals surface area contributed by atoms with E-state index < -0.39 is 41.0 Å². The van der Waals surface area contributed by atoms with Crippen molar-refractivity contribution in [2.75, 3.05) is 18.1 Å². The molecule has 0 fully saturated rings. The van der Waals surface area contributed by atoms with Crippen molar-refractivity contribution in [3.8, 4) is 5.75 Å². The van der Waals surface area contributed by atoms with E-state index in [2.05, 4.69) is 0 Å². The number of benzene rings is 2. The van der Waals surface area contributed by atoms with Gasteiger partial charge in [-0.15, -0.1) is 0 Å². The quantitative estimate of drug-likeness (QED) is 0.315. The maximum atomic E-state index is 13.0. The van der Waals surface area contributed by atoms with Crippen LogP contribution in [0.2, 0.25) is 0 Å². The van der Waals surface area contributed by atoms with Crippen LogP contribution in [0.15, 0.2) is 42.5 Å². The predicted octanol–water partition coefficient (Wildman–Crippen LogP) is 2.27. The van der Waals surface area contributed by atoms with E-state index in [-0.39, 0.29) is 29.3 Å². The third-order valence-corrected chi connectivity index (χ3v) is 4.19. The first-order valence-electron chi connectivity index (χ1n) is 8.47. The number of anilines is 1. The molecular formula is C19H15FN2O7. The fourth-order valence-electron chi connectivity index (χ4n) is 2.74. The van der Waals surface area contributed by atoms with Crippen molar-refractivity contribution in [1.29, 1.82) is 0 Å². The van der Waals surface area contributed by atoms with E-state index >= 15 is 0 Å². The lowest BCUT2D eigenvalue weighted by molar-refractivity contribution is -0.384. The molecule has 1 amide bonds. The van der Waals surface area contributed by atoms with Crippen molar-refractivity contribution < 1.29 is 33.2 Å². The maximum Gasteiger partial charge on any atom is 0.326 e. The highest BCUT2D eigenvalue weighted by Crippen LogP contribution is 2.35. The highest BCUT2D eigenvalue weighted by molar-refractivity contribution is 6.03. The summed E-state index contributed by atoms with van der Waals surface area (Å²) in [4.78, 5) is 48.1. The van der Waals surface area contributed by atoms with Gasteiger partial charge >= 0.3 is 5.97 Å². The normalized spacial score (nSPS) is 13.9. The van der Waals surface area contributed by atoms with Gasteiger partial charge in [-0.1, -0.05) is 0 Å². The van der Waals surface area contributed by atoms with Crippen LogP contribution in [-0.2, 0) is 14.3 Å². The van der Waals surface area contributed by atoms with Gasteiger partial charge in [0.05, 0.1) is 10.6 Å². The van der Waals surface area contributed by atoms with Crippen molar-refractivity contribution in [2.24, 2.45) is 0 Å². The van der Waals surface area contributed by atoms with Gasteiger partial charge in [0, 0.05) is 17.7 Å². The fraction of sp³-hybridized carbons (Fsp3) is 0.211. The molecule has 29 heavy (non-hydrogen) atoms. The minimum absolute atomic E-state index is 0.0601. The molecule has 0 aliphatic carbocycles. The number of nitro benzene ring substituents is 1. The van der Waals surface area contributed by atoms with Gasteiger partial charge in [-0.05, 0) is 37.3 Å². The average molecular weight is 402 g/mol. The molecule has 2 aromatic carbocycles. The summed E-state index contributed by atoms with van der Waals surface area (Å²) in [5, 5.41) is 11.0. The first-order chi connectivity index (χ1) is 13.8. The van der Waals surface area contributed by atoms with Gasteiger partial charge in [0.15, 0.2) is 12.7 Å². The molecule has 150 valence electrons. The van der Waals surface area contributed by atoms with E-state index in [1.807, 2.05) is 0 Å². The van der Waals surface area contributed by atoms with Gasteiger partial charge in [-0.25, -0.2) is 4.39 Å². The molecule has 1 atom stereocenters. The van der Waals surface area contributed by atoms with E-state index in [0.29, 0.717) is 0 Å². The summed E-state index contributed by atoms with van der Waals surface area (Å²) in [5.74, 6) is -2.32. The molecule has 3 rings (SSSR count). The summed E-state index contributed by atoms with van der Waals surface area (Å²) in [6.45, 7) is 0.447. The van der Waals surface area contributed by atoms with Gasteiger partial charge in [0.1, 0.15) is 18.1 Å². The monoisotopic (exact) mass is 402 g/mol. The zero-order chi connectivity index (χ0) is 21.1. The molecule has 0 saturated carbocycles. The number of hydrogen-bond donors (Lipinski definition) is 0. The van der Waals surface area contributed by atoms with E-state index in [4.69, 9.17) is 9.47 Å². The third-order valence-electron chi connectivity index (χ3n) is 4.19. The Morgan fingerprint density at radius 3 is 2.62 bits per heavy atom. The van der Waals surface area contributed by atoms with Crippen molar-refractivity contribution in [2.45, 2.75) is 13.0 Å². The van der Waals surface area contributed by atoms with E-state index in [0.717, 1.165) is 23.1 Å². The highest BCUT2D eigenvalue weighted by atomic mass is 19.1. The van der Waals surface area contributed by atoms with Crippen LogP contribution in [0.3, 0.4) is 0 Å². The number of esters is 1. The molecule has 1 heterocycles. The lowest BCUT2D eigenvalue weighted by Gasteiger charge is -2.28. The topological polar surface area (TPSA) is 116 Å². The van der Waals surface area contributed by atoms with E-state index in [1.54, 1.807) is 0 Å². The molecule has 0 radical (unpaired) electrons. The maximum absolute atomic E-state index is 13.0. The summed E-state index contributed by atoms with van der Waals surface area (Å²) in [6.07, 6.45) is -1.17. The smallest absolute Gasteiger partial charge is 0.326 e. The zero-order valence-corrected chi connectivity index (χ0v) is 15.2. The van der Waals surface area contributed by atoms with Crippen LogP contribution in [0.25, 0.3) is 0 Å². The number of amides is 1. The van der Waals surface area contributed by atoms with Crippen LogP contribution >= 0.6 is 0 Å². The summed E-state index contributed by atoms with van der Waals surface area (Å²) in [5.41, 5.74) is -0.0553. The molecule has 1 aliphatic rings. The lowest BCUT2D eigenvalue weighted by atomic mass is 10.1. The molecular weight excluding hydrogens is 387 g/mol. The van der Waals surface area contributed by atoms with Crippen molar-refractivity contribution in [1.82, 2.24) is 0 Å². The Morgan fingerprint density at radius 2 is 1.97 bits per heavy atom. The Morgan fingerprint density at radius 1 is 1.28 bits per heavy atom. The van der Waals surface area contributed by atoms with Gasteiger partial charge in [0.2, 0.25) is 5.78 Å². The molecule has 0 aromatic heterocycles. The lowest BCUT2D eigenvalue weighted by Crippen LogP contribution is -2.43. The predicted molar refractivity (Wildman–Crippen MR) is 97.2 cm³/mol. The first-order valence-corrected chi connectivity index (χ1v) is 8.47. The Hall–Kier alpha value is -3.82. The fourth-order valence-corrected chi connectivity index (χ4v) is 2.74. The Labute approximate surface area is 163 Å². The number of hydrogen-bond acceptors (Lipinski definition) is 7. The number of nitrogens with zero attached hydrogens (tertiary/aromatic N) is 2. The Kier molecular flexibility index (Phi) is 5.53. The van der Waals surface area contributed by atoms with Gasteiger partial charge in [0.25, 0.3) is 11.6 Å². The number of rotatable bonds is 6. The number of carbonyl (C=O) groups excluding carboxylic acids is 3. The molecule has 0 unspecified atom stereocenters. The SMILES string of the molecule is C[C@H](OC(=O)CN1C(=O)COc2ccc([N+](=O)[O-])cc21)C(=O)c1ccc(F)cc1. The number of Topliss-reactive ketones (excluding diaryl/α,β-unsaturated/α-hetero) is 1. The van der Waals surface area contributed by atoms with E-state index in [9.17, 15) is 28.9 Å². The summed E-state index contributed by atoms with van der Waals surface area (Å²) >= 11 is 0. The van der Waals surface area contributed by atoms with Crippen LogP contribution < -0.4 is 9.64 Å². The summed E-state index contributed by atoms with van der Waals surface area (Å²) < 4.78 is 23.3. The second-order valence-corrected chi connectivity index (χ2v) is 6.18. The van der Waals surface area contributed by atoms with Crippen LogP contribution in [0.5, 0.6) is 5.75 Å². The number of nitro groups is 1. The van der Waals surface area contributed by atoms with Gasteiger partial charge in [-0.3, -0.25) is 29.4 Å². The van der Waals surface area contributed by atoms with Crippen LogP contribution in [0.4, 0.5) is 15.8 Å². The highest BCUT2D eigenvalue weighted by Gasteiger charge is 2.30. The number of fused-ring (bicyclic) bond motifs is 1. The number of halogens is 1. The van der Waals surface area contributed by atoms with Crippen LogP contribution in [-0.4, -0.2) is 41.8 Å². The minimum Gasteiger partial charge on any atom is -0.482 e. The molecule has 0 spiro atoms. The zero-order valence-electron chi connectivity index (χ0n) is 15.2. The van der Waals surface area contributed by atoms with E-state index in [1.165, 1.54) is 31.2 Å². The van der Waals surface area contributed by atoms with Crippen molar-refractivity contribution in [3.05, 3.63) is 64.0 Å². The summed E-state index contributed by atoms with van der Waals surface area (Å²) in [6, 6.07) is 8.42. The Bertz CT molecular complexity index is 991. The number of non-ortho nitro benzene ring substituents is 1. The average Bonchev–Trinajstić information content (AvgIpc) is 2.69. The Balaban J connectivity index is 1.72. The van der Waals surface area contributed by atoms with Crippen molar-refractivity contribution in [3.63, 3.8) is 0 Å². The minimum atomic E-state index is -1.17. The largest absolute Gasteiger partial charge is 0.482 e. The second kappa shape index (κ2) is 8.05. The standard InChI is InChI=1S/C19H15FN2O7/c1-11(19(25)12-2-4-13(20)5-3-12)29-18(24)9-21-15-8-14(22(26)27)6-7-16(15)28-10-17(21)23/h2-8,11H,9-10H2,1H3/t11-/m0/s1. The van der Waals surface area contributed by atoms with Crippen LogP contribution in [0.1, 0.15) is 17.3 Å². The molecule has 0 N–H and O–H groups in total. The molecule has 0 saturated heterocycles. The first kappa shape index (κ1) is 19.9. The molecule has 1 aliphatic heterocycles. The molecule has 9 nitrogen and oxygen atoms in total. The van der Waals surface area contributed by atoms with Gasteiger partial charge in [-0.2, -0.15) is 0 Å². The second-order valence-electron chi connectivity index (χ2n) is 6.18. The molecule has 2 aromatic rings. The molecule has 0 bridgehead atoms. The van der Waals surface area contributed by atoms with Crippen LogP contribution in [0, 0.1) is 15.9 Å². The number of ketones is 1. The summed E-state index contributed by atoms with van der Waals surface area (Å²) in [7, 11) is 0. The third kappa shape index (κ3) is 4.37. The van der Waals surface area contributed by atoms with Gasteiger partial charge < -0.3 is 9.47 Å². The number of carbonyl (C=O) groups is 3. The molecule has 10 heteroatoms. The number of ether oxygens (including phenoxy) is 2. The van der Waals surface area contributed by atoms with Crippen molar-refractivity contribution >= 4 is 29.0 Å².